The van der Waals surface area contributed by atoms with Crippen molar-refractivity contribution in [3.63, 3.8) is 0 Å². The number of piperazine rings is 1. The first-order valence-electron chi connectivity index (χ1n) is 8.97. The lowest BCUT2D eigenvalue weighted by atomic mass is 10.0. The molecule has 3 rings (SSSR count). The van der Waals surface area contributed by atoms with Crippen LogP contribution >= 0.6 is 0 Å². The van der Waals surface area contributed by atoms with Gasteiger partial charge in [-0.1, -0.05) is 37.3 Å². The van der Waals surface area contributed by atoms with Crippen LogP contribution in [0.15, 0.2) is 48.5 Å². The van der Waals surface area contributed by atoms with Crippen LogP contribution in [0, 0.1) is 0 Å². The van der Waals surface area contributed by atoms with E-state index >= 15 is 0 Å². The molecule has 2 aromatic carbocycles. The van der Waals surface area contributed by atoms with Crippen molar-refractivity contribution in [2.24, 2.45) is 0 Å². The molecule has 3 nitrogen and oxygen atoms in total. The van der Waals surface area contributed by atoms with Crippen LogP contribution in [0.3, 0.4) is 0 Å². The first kappa shape index (κ1) is 17.0. The van der Waals surface area contributed by atoms with Crippen molar-refractivity contribution in [3.8, 4) is 11.1 Å². The van der Waals surface area contributed by atoms with Gasteiger partial charge in [0.1, 0.15) is 0 Å². The van der Waals surface area contributed by atoms with E-state index in [9.17, 15) is 0 Å². The number of likely N-dealkylation sites (N-methyl/N-ethyl adjacent to an activating group) is 1. The van der Waals surface area contributed by atoms with Gasteiger partial charge >= 0.3 is 0 Å². The van der Waals surface area contributed by atoms with Crippen molar-refractivity contribution in [2.75, 3.05) is 51.7 Å². The predicted molar refractivity (Wildman–Crippen MR) is 104 cm³/mol. The second kappa shape index (κ2) is 7.82. The Labute approximate surface area is 146 Å². The highest BCUT2D eigenvalue weighted by molar-refractivity contribution is 5.67. The fourth-order valence-electron chi connectivity index (χ4n) is 3.40. The maximum atomic E-state index is 2.51. The molecule has 1 saturated heterocycles. The monoisotopic (exact) mass is 323 g/mol. The van der Waals surface area contributed by atoms with Crippen LogP contribution in [-0.2, 0) is 6.54 Å². The van der Waals surface area contributed by atoms with E-state index in [0.29, 0.717) is 0 Å². The average molecular weight is 323 g/mol. The zero-order chi connectivity index (χ0) is 16.9. The lowest BCUT2D eigenvalue weighted by molar-refractivity contribution is 0.271. The van der Waals surface area contributed by atoms with Gasteiger partial charge < -0.3 is 14.7 Å². The Balaban J connectivity index is 1.71. The van der Waals surface area contributed by atoms with E-state index in [1.54, 1.807) is 0 Å². The van der Waals surface area contributed by atoms with Crippen LogP contribution in [0.2, 0.25) is 0 Å². The third-order valence-corrected chi connectivity index (χ3v) is 4.81. The second-order valence-electron chi connectivity index (χ2n) is 6.91. The standard InChI is InChI=1S/C21H29N3/c1-4-23-12-14-24(15-13-23)21-10-8-19(9-11-21)20-7-5-6-18(16-20)17-22(2)3/h5-11,16H,4,12-15,17H2,1-3H3. The van der Waals surface area contributed by atoms with Gasteiger partial charge in [0, 0.05) is 38.4 Å². The molecular weight excluding hydrogens is 294 g/mol. The molecule has 1 heterocycles. The van der Waals surface area contributed by atoms with Crippen LogP contribution in [0.25, 0.3) is 11.1 Å². The fourth-order valence-corrected chi connectivity index (χ4v) is 3.40. The normalized spacial score (nSPS) is 15.9. The van der Waals surface area contributed by atoms with Gasteiger partial charge in [-0.05, 0) is 55.5 Å². The Bertz CT molecular complexity index is 640. The SMILES string of the molecule is CCN1CCN(c2ccc(-c3cccc(CN(C)C)c3)cc2)CC1. The molecule has 0 radical (unpaired) electrons. The highest BCUT2D eigenvalue weighted by Crippen LogP contribution is 2.25. The van der Waals surface area contributed by atoms with Crippen molar-refractivity contribution in [1.29, 1.82) is 0 Å². The van der Waals surface area contributed by atoms with Gasteiger partial charge in [-0.15, -0.1) is 0 Å². The molecule has 3 heteroatoms. The molecule has 1 aliphatic rings. The van der Waals surface area contributed by atoms with Crippen LogP contribution in [0.5, 0.6) is 0 Å². The van der Waals surface area contributed by atoms with E-state index in [2.05, 4.69) is 84.2 Å². The zero-order valence-corrected chi connectivity index (χ0v) is 15.2. The molecule has 0 aliphatic carbocycles. The molecule has 0 N–H and O–H groups in total. The highest BCUT2D eigenvalue weighted by atomic mass is 15.3. The highest BCUT2D eigenvalue weighted by Gasteiger charge is 2.15. The maximum absolute atomic E-state index is 2.51. The number of hydrogen-bond acceptors (Lipinski definition) is 3. The summed E-state index contributed by atoms with van der Waals surface area (Å²) >= 11 is 0. The molecule has 24 heavy (non-hydrogen) atoms. The van der Waals surface area contributed by atoms with E-state index in [0.717, 1.165) is 26.2 Å². The third kappa shape index (κ3) is 4.16. The van der Waals surface area contributed by atoms with Gasteiger partial charge in [-0.2, -0.15) is 0 Å². The summed E-state index contributed by atoms with van der Waals surface area (Å²) in [6.07, 6.45) is 0. The molecule has 128 valence electrons. The topological polar surface area (TPSA) is 9.72 Å². The zero-order valence-electron chi connectivity index (χ0n) is 15.2. The summed E-state index contributed by atoms with van der Waals surface area (Å²) in [5, 5.41) is 0. The minimum atomic E-state index is 0.980. The predicted octanol–water partition coefficient (Wildman–Crippen LogP) is 3.56. The minimum Gasteiger partial charge on any atom is -0.369 e. The van der Waals surface area contributed by atoms with Gasteiger partial charge in [0.05, 0.1) is 0 Å². The van der Waals surface area contributed by atoms with E-state index in [1.807, 2.05) is 0 Å². The molecule has 0 bridgehead atoms. The summed E-state index contributed by atoms with van der Waals surface area (Å²) < 4.78 is 0. The molecule has 0 unspecified atom stereocenters. The molecule has 0 amide bonds. The molecule has 2 aromatic rings. The molecule has 0 saturated carbocycles. The Morgan fingerprint density at radius 3 is 2.21 bits per heavy atom. The quantitative estimate of drug-likeness (QED) is 0.833. The van der Waals surface area contributed by atoms with E-state index in [1.165, 1.54) is 35.5 Å². The van der Waals surface area contributed by atoms with Gasteiger partial charge in [0.2, 0.25) is 0 Å². The minimum absolute atomic E-state index is 0.980. The molecule has 0 atom stereocenters. The van der Waals surface area contributed by atoms with Crippen LogP contribution in [0.4, 0.5) is 5.69 Å². The van der Waals surface area contributed by atoms with Crippen LogP contribution < -0.4 is 4.90 Å². The largest absolute Gasteiger partial charge is 0.369 e. The first-order valence-corrected chi connectivity index (χ1v) is 8.97. The number of rotatable bonds is 5. The second-order valence-corrected chi connectivity index (χ2v) is 6.91. The number of nitrogens with zero attached hydrogens (tertiary/aromatic N) is 3. The van der Waals surface area contributed by atoms with Crippen LogP contribution in [0.1, 0.15) is 12.5 Å². The van der Waals surface area contributed by atoms with Gasteiger partial charge in [0.25, 0.3) is 0 Å². The van der Waals surface area contributed by atoms with Gasteiger partial charge in [-0.3, -0.25) is 0 Å². The summed E-state index contributed by atoms with van der Waals surface area (Å²) in [5.74, 6) is 0. The fraction of sp³-hybridized carbons (Fsp3) is 0.429. The average Bonchev–Trinajstić information content (AvgIpc) is 2.62. The van der Waals surface area contributed by atoms with Gasteiger partial charge in [0.15, 0.2) is 0 Å². The third-order valence-electron chi connectivity index (χ3n) is 4.81. The summed E-state index contributed by atoms with van der Waals surface area (Å²) in [7, 11) is 4.22. The van der Waals surface area contributed by atoms with E-state index in [4.69, 9.17) is 0 Å². The summed E-state index contributed by atoms with van der Waals surface area (Å²) in [4.78, 5) is 7.22. The summed E-state index contributed by atoms with van der Waals surface area (Å²) in [6, 6.07) is 17.9. The van der Waals surface area contributed by atoms with Crippen molar-refractivity contribution in [1.82, 2.24) is 9.80 Å². The summed E-state index contributed by atoms with van der Waals surface area (Å²) in [6.45, 7) is 8.99. The molecule has 0 spiro atoms. The summed E-state index contributed by atoms with van der Waals surface area (Å²) in [5.41, 5.74) is 5.31. The lowest BCUT2D eigenvalue weighted by Crippen LogP contribution is -2.46. The number of hydrogen-bond donors (Lipinski definition) is 0. The first-order chi connectivity index (χ1) is 11.7. The Morgan fingerprint density at radius 1 is 0.875 bits per heavy atom. The van der Waals surface area contributed by atoms with Crippen molar-refractivity contribution >= 4 is 5.69 Å². The molecule has 0 aromatic heterocycles. The van der Waals surface area contributed by atoms with Gasteiger partial charge in [-0.25, -0.2) is 0 Å². The van der Waals surface area contributed by atoms with Crippen molar-refractivity contribution in [3.05, 3.63) is 54.1 Å². The molecule has 1 fully saturated rings. The Kier molecular flexibility index (Phi) is 5.54. The van der Waals surface area contributed by atoms with E-state index in [-0.39, 0.29) is 0 Å². The lowest BCUT2D eigenvalue weighted by Gasteiger charge is -2.35. The van der Waals surface area contributed by atoms with Crippen molar-refractivity contribution in [2.45, 2.75) is 13.5 Å². The smallest absolute Gasteiger partial charge is 0.0367 e. The Hall–Kier alpha value is -1.84. The Morgan fingerprint density at radius 2 is 1.58 bits per heavy atom. The molecule has 1 aliphatic heterocycles. The van der Waals surface area contributed by atoms with Crippen LogP contribution in [-0.4, -0.2) is 56.6 Å². The van der Waals surface area contributed by atoms with E-state index < -0.39 is 0 Å². The maximum Gasteiger partial charge on any atom is 0.0367 e. The molecular formula is C21H29N3. The van der Waals surface area contributed by atoms with Crippen molar-refractivity contribution < 1.29 is 0 Å². The number of benzene rings is 2. The number of anilines is 1.